The molecule has 0 N–H and O–H groups in total. The maximum Gasteiger partial charge on any atom is 1.00 e. The molecule has 1 nitrogen and oxygen atoms in total. The molecular weight excluding hydrogens is 238 g/mol. The second-order valence-corrected chi connectivity index (χ2v) is 2.92. The molecule has 0 fully saturated rings. The van der Waals surface area contributed by atoms with Gasteiger partial charge in [0.1, 0.15) is 5.82 Å². The summed E-state index contributed by atoms with van der Waals surface area (Å²) in [6, 6.07) is 1.26. The van der Waals surface area contributed by atoms with Crippen molar-refractivity contribution in [3.63, 3.8) is 0 Å². The van der Waals surface area contributed by atoms with Crippen molar-refractivity contribution in [2.45, 2.75) is 6.92 Å². The minimum Gasteiger partial charge on any atom is -0.445 e. The Morgan fingerprint density at radius 3 is 2.20 bits per heavy atom. The summed E-state index contributed by atoms with van der Waals surface area (Å²) in [6.07, 6.45) is 0.0695. The van der Waals surface area contributed by atoms with Crippen LogP contribution in [0.2, 0.25) is 0 Å². The fourth-order valence-corrected chi connectivity index (χ4v) is 1.15. The van der Waals surface area contributed by atoms with E-state index in [0.29, 0.717) is 12.1 Å². The Balaban J connectivity index is 0.00000196. The fraction of sp³-hybridized carbons (Fsp3) is 0.125. The molecule has 0 bridgehead atoms. The molecule has 0 saturated heterocycles. The van der Waals surface area contributed by atoms with Crippen LogP contribution in [0.15, 0.2) is 12.1 Å². The Bertz CT molecular complexity index is 378. The van der Waals surface area contributed by atoms with Crippen LogP contribution in [0, 0.1) is 12.7 Å². The van der Waals surface area contributed by atoms with Crippen LogP contribution in [-0.2, 0) is 0 Å². The van der Waals surface area contributed by atoms with Gasteiger partial charge < -0.3 is 12.9 Å². The molecule has 0 amide bonds. The first kappa shape index (κ1) is 15.3. The first-order valence-corrected chi connectivity index (χ1v) is 3.81. The van der Waals surface area contributed by atoms with Crippen molar-refractivity contribution in [1.29, 1.82) is 0 Å². The molecule has 7 heteroatoms. The van der Waals surface area contributed by atoms with E-state index in [2.05, 4.69) is 0 Å². The van der Waals surface area contributed by atoms with Crippen LogP contribution < -0.4 is 56.8 Å². The van der Waals surface area contributed by atoms with Crippen molar-refractivity contribution in [1.82, 2.24) is 0 Å². The van der Waals surface area contributed by atoms with E-state index in [0.717, 1.165) is 6.92 Å². The fourth-order valence-electron chi connectivity index (χ4n) is 1.15. The van der Waals surface area contributed by atoms with Crippen LogP contribution in [0.4, 0.5) is 17.3 Å². The molecule has 0 spiro atoms. The molecule has 0 aromatic heterocycles. The predicted octanol–water partition coefficient (Wildman–Crippen LogP) is -0.995. The minimum absolute atomic E-state index is 0. The molecule has 76 valence electrons. The molecule has 0 heterocycles. The third kappa shape index (κ3) is 3.67. The van der Waals surface area contributed by atoms with E-state index >= 15 is 0 Å². The number of benzene rings is 1. The van der Waals surface area contributed by atoms with Gasteiger partial charge in [0.25, 0.3) is 0 Å². The number of halogens is 4. The topological polar surface area (TPSA) is 17.1 Å². The Morgan fingerprint density at radius 2 is 1.80 bits per heavy atom. The zero-order chi connectivity index (χ0) is 10.9. The molecule has 0 radical (unpaired) electrons. The van der Waals surface area contributed by atoms with Crippen molar-refractivity contribution >= 4 is 18.7 Å². The summed E-state index contributed by atoms with van der Waals surface area (Å²) >= 11 is 0. The van der Waals surface area contributed by atoms with Crippen LogP contribution in [-0.4, -0.2) is 13.3 Å². The van der Waals surface area contributed by atoms with E-state index in [-0.39, 0.29) is 63.2 Å². The van der Waals surface area contributed by atoms with E-state index in [4.69, 9.17) is 0 Å². The largest absolute Gasteiger partial charge is 1.00 e. The number of carbonyl (C=O) groups is 1. The number of rotatable bonds is 2. The van der Waals surface area contributed by atoms with Gasteiger partial charge in [-0.1, -0.05) is 11.6 Å². The van der Waals surface area contributed by atoms with Gasteiger partial charge in [0.05, 0.1) is 0 Å². The number of hydrogen-bond acceptors (Lipinski definition) is 1. The Labute approximate surface area is 127 Å². The van der Waals surface area contributed by atoms with Crippen molar-refractivity contribution in [2.75, 3.05) is 0 Å². The number of hydrogen-bond donors (Lipinski definition) is 0. The molecule has 1 aromatic rings. The summed E-state index contributed by atoms with van der Waals surface area (Å²) in [5.41, 5.74) is -1.70. The summed E-state index contributed by atoms with van der Waals surface area (Å²) in [7, 11) is 0. The number of aryl methyl sites for hydroxylation is 1. The zero-order valence-electron chi connectivity index (χ0n) is 8.23. The summed E-state index contributed by atoms with van der Waals surface area (Å²) in [5.74, 6) is -0.929. The van der Waals surface area contributed by atoms with Gasteiger partial charge >= 0.3 is 58.4 Å². The molecule has 0 aliphatic carbocycles. The standard InChI is InChI=1S/C8H6BF4O.K/c1-5-2-8(10)6(4-14)3-7(5)9(11,12)13;/h2-4H,1H3;/q-1;+1. The van der Waals surface area contributed by atoms with Crippen molar-refractivity contribution in [3.8, 4) is 0 Å². The first-order chi connectivity index (χ1) is 6.36. The third-order valence-corrected chi connectivity index (χ3v) is 1.86. The van der Waals surface area contributed by atoms with Gasteiger partial charge in [0.15, 0.2) is 6.29 Å². The Hall–Kier alpha value is 0.311. The predicted molar refractivity (Wildman–Crippen MR) is 45.2 cm³/mol. The smallest absolute Gasteiger partial charge is 0.445 e. The molecule has 0 atom stereocenters. The second-order valence-electron chi connectivity index (χ2n) is 2.92. The normalized spacial score (nSPS) is 10.7. The van der Waals surface area contributed by atoms with Gasteiger partial charge in [-0.05, 0) is 13.0 Å². The Kier molecular flexibility index (Phi) is 5.70. The average molecular weight is 244 g/mol. The van der Waals surface area contributed by atoms with E-state index in [1.165, 1.54) is 0 Å². The molecule has 0 aliphatic heterocycles. The van der Waals surface area contributed by atoms with Crippen LogP contribution in [0.25, 0.3) is 0 Å². The Morgan fingerprint density at radius 1 is 1.27 bits per heavy atom. The first-order valence-electron chi connectivity index (χ1n) is 3.81. The van der Waals surface area contributed by atoms with Crippen LogP contribution >= 0.6 is 0 Å². The van der Waals surface area contributed by atoms with Crippen molar-refractivity contribution in [2.24, 2.45) is 0 Å². The van der Waals surface area contributed by atoms with Gasteiger partial charge in [-0.15, -0.1) is 5.46 Å². The maximum atomic E-state index is 12.8. The number of carbonyl (C=O) groups excluding carboxylic acids is 1. The van der Waals surface area contributed by atoms with Gasteiger partial charge in [0, 0.05) is 5.56 Å². The van der Waals surface area contributed by atoms with Gasteiger partial charge in [-0.25, -0.2) is 4.39 Å². The summed E-state index contributed by atoms with van der Waals surface area (Å²) in [6.45, 7) is -4.04. The average Bonchev–Trinajstić information content (AvgIpc) is 2.02. The molecule has 0 unspecified atom stereocenters. The molecule has 1 rings (SSSR count). The van der Waals surface area contributed by atoms with Crippen LogP contribution in [0.1, 0.15) is 15.9 Å². The summed E-state index contributed by atoms with van der Waals surface area (Å²) in [4.78, 5) is 10.2. The maximum absolute atomic E-state index is 12.8. The van der Waals surface area contributed by atoms with Gasteiger partial charge in [-0.2, -0.15) is 0 Å². The molecule has 0 saturated carbocycles. The van der Waals surface area contributed by atoms with E-state index in [1.54, 1.807) is 0 Å². The summed E-state index contributed by atoms with van der Waals surface area (Å²) in [5, 5.41) is 0. The van der Waals surface area contributed by atoms with Crippen LogP contribution in [0.3, 0.4) is 0 Å². The number of aldehydes is 1. The second kappa shape index (κ2) is 5.58. The van der Waals surface area contributed by atoms with E-state index in [1.807, 2.05) is 0 Å². The minimum atomic E-state index is -5.20. The van der Waals surface area contributed by atoms with E-state index in [9.17, 15) is 22.1 Å². The quantitative estimate of drug-likeness (QED) is 0.370. The molecule has 1 aromatic carbocycles. The van der Waals surface area contributed by atoms with E-state index < -0.39 is 23.8 Å². The monoisotopic (exact) mass is 244 g/mol. The SMILES string of the molecule is Cc1cc(F)c(C=O)cc1[B-](F)(F)F.[K+]. The zero-order valence-corrected chi connectivity index (χ0v) is 11.4. The molecule has 0 aliphatic rings. The van der Waals surface area contributed by atoms with Gasteiger partial charge in [0.2, 0.25) is 0 Å². The third-order valence-electron chi connectivity index (χ3n) is 1.86. The summed E-state index contributed by atoms with van der Waals surface area (Å²) < 4.78 is 49.8. The van der Waals surface area contributed by atoms with Gasteiger partial charge in [-0.3, -0.25) is 4.79 Å². The molecule has 15 heavy (non-hydrogen) atoms. The van der Waals surface area contributed by atoms with Crippen molar-refractivity contribution < 1.29 is 73.5 Å². The van der Waals surface area contributed by atoms with Crippen LogP contribution in [0.5, 0.6) is 0 Å². The van der Waals surface area contributed by atoms with Crippen molar-refractivity contribution in [3.05, 3.63) is 29.1 Å². The molecular formula is C8H6BF4KO.